The lowest BCUT2D eigenvalue weighted by Gasteiger charge is -2.26. The molecule has 0 radical (unpaired) electrons. The van der Waals surface area contributed by atoms with E-state index in [9.17, 15) is 9.59 Å². The van der Waals surface area contributed by atoms with Crippen molar-refractivity contribution in [3.63, 3.8) is 0 Å². The van der Waals surface area contributed by atoms with Gasteiger partial charge in [-0.1, -0.05) is 60.7 Å². The largest absolute Gasteiger partial charge is 0.449 e. The monoisotopic (exact) mass is 406 g/mol. The fourth-order valence-electron chi connectivity index (χ4n) is 2.80. The Hall–Kier alpha value is -3.25. The van der Waals surface area contributed by atoms with Crippen molar-refractivity contribution in [2.45, 2.75) is 26.1 Å². The normalized spacial score (nSPS) is 11.9. The Labute approximate surface area is 174 Å². The van der Waals surface area contributed by atoms with Crippen LogP contribution in [0.25, 0.3) is 6.08 Å². The summed E-state index contributed by atoms with van der Waals surface area (Å²) in [5.74, 6) is -0.811. The fraction of sp³-hybridized carbons (Fsp3) is 0.174. The van der Waals surface area contributed by atoms with Gasteiger partial charge in [-0.2, -0.15) is 0 Å². The zero-order valence-corrected chi connectivity index (χ0v) is 16.9. The van der Waals surface area contributed by atoms with Crippen LogP contribution in [-0.2, 0) is 27.4 Å². The highest BCUT2D eigenvalue weighted by Gasteiger charge is 2.23. The van der Waals surface area contributed by atoms with Gasteiger partial charge < -0.3 is 9.64 Å². The van der Waals surface area contributed by atoms with E-state index in [2.05, 4.69) is 4.98 Å². The third kappa shape index (κ3) is 6.40. The van der Waals surface area contributed by atoms with Crippen molar-refractivity contribution in [1.82, 2.24) is 9.88 Å². The Balaban J connectivity index is 1.67. The number of carbonyl (C=O) groups is 2. The predicted molar refractivity (Wildman–Crippen MR) is 114 cm³/mol. The maximum absolute atomic E-state index is 13.0. The third-order valence-corrected chi connectivity index (χ3v) is 4.94. The molecular formula is C23H22N2O3S. The molecule has 2 aromatic carbocycles. The van der Waals surface area contributed by atoms with E-state index in [1.165, 1.54) is 17.4 Å². The number of nitrogens with zero attached hydrogens (tertiary/aromatic N) is 2. The number of esters is 1. The van der Waals surface area contributed by atoms with Crippen LogP contribution in [0.15, 0.2) is 78.3 Å². The summed E-state index contributed by atoms with van der Waals surface area (Å²) in [5.41, 5.74) is 2.03. The van der Waals surface area contributed by atoms with Gasteiger partial charge in [-0.05, 0) is 24.1 Å². The molecule has 0 aliphatic rings. The second-order valence-electron chi connectivity index (χ2n) is 6.45. The highest BCUT2D eigenvalue weighted by Crippen LogP contribution is 2.13. The third-order valence-electron chi connectivity index (χ3n) is 4.20. The molecule has 0 saturated heterocycles. The fourth-order valence-corrected chi connectivity index (χ4v) is 3.33. The lowest BCUT2D eigenvalue weighted by atomic mass is 10.1. The molecule has 1 amide bonds. The zero-order valence-electron chi connectivity index (χ0n) is 16.1. The van der Waals surface area contributed by atoms with Crippen molar-refractivity contribution in [1.29, 1.82) is 0 Å². The van der Waals surface area contributed by atoms with E-state index >= 15 is 0 Å². The van der Waals surface area contributed by atoms with Crippen molar-refractivity contribution in [3.05, 3.63) is 94.5 Å². The van der Waals surface area contributed by atoms with Gasteiger partial charge in [0.1, 0.15) is 5.01 Å². The number of rotatable bonds is 8. The smallest absolute Gasteiger partial charge is 0.331 e. The molecule has 3 aromatic rings. The summed E-state index contributed by atoms with van der Waals surface area (Å²) in [6.45, 7) is 2.47. The van der Waals surface area contributed by atoms with E-state index < -0.39 is 12.1 Å². The second-order valence-corrected chi connectivity index (χ2v) is 7.37. The number of ether oxygens (including phenoxy) is 1. The maximum atomic E-state index is 13.0. The molecule has 5 nitrogen and oxygen atoms in total. The van der Waals surface area contributed by atoms with Gasteiger partial charge in [-0.15, -0.1) is 11.3 Å². The van der Waals surface area contributed by atoms with Crippen LogP contribution < -0.4 is 0 Å². The topological polar surface area (TPSA) is 59.5 Å². The lowest BCUT2D eigenvalue weighted by Crippen LogP contribution is -2.39. The summed E-state index contributed by atoms with van der Waals surface area (Å²) < 4.78 is 5.33. The van der Waals surface area contributed by atoms with Crippen LogP contribution in [0.2, 0.25) is 0 Å². The summed E-state index contributed by atoms with van der Waals surface area (Å²) in [4.78, 5) is 30.9. The SMILES string of the molecule is CC(OC(=O)C=Cc1nccs1)C(=O)N(Cc1ccccc1)Cc1ccccc1. The molecule has 0 spiro atoms. The number of amides is 1. The molecular weight excluding hydrogens is 384 g/mol. The van der Waals surface area contributed by atoms with Gasteiger partial charge >= 0.3 is 5.97 Å². The highest BCUT2D eigenvalue weighted by atomic mass is 32.1. The molecule has 1 unspecified atom stereocenters. The molecule has 1 atom stereocenters. The van der Waals surface area contributed by atoms with Gasteiger partial charge in [0.25, 0.3) is 5.91 Å². The second kappa shape index (κ2) is 10.3. The summed E-state index contributed by atoms with van der Waals surface area (Å²) in [6, 6.07) is 19.5. The molecule has 29 heavy (non-hydrogen) atoms. The van der Waals surface area contributed by atoms with Crippen LogP contribution >= 0.6 is 11.3 Å². The highest BCUT2D eigenvalue weighted by molar-refractivity contribution is 7.10. The van der Waals surface area contributed by atoms with Crippen LogP contribution in [-0.4, -0.2) is 27.9 Å². The molecule has 148 valence electrons. The standard InChI is InChI=1S/C23H22N2O3S/c1-18(28-22(26)13-12-21-24-14-15-29-21)23(27)25(16-19-8-4-2-5-9-19)17-20-10-6-3-7-11-20/h2-15,18H,16-17H2,1H3. The van der Waals surface area contributed by atoms with Gasteiger partial charge in [0.05, 0.1) is 0 Å². The van der Waals surface area contributed by atoms with Gasteiger partial charge in [-0.3, -0.25) is 4.79 Å². The first-order valence-electron chi connectivity index (χ1n) is 9.26. The average Bonchev–Trinajstić information content (AvgIpc) is 3.26. The summed E-state index contributed by atoms with van der Waals surface area (Å²) in [5, 5.41) is 2.53. The van der Waals surface area contributed by atoms with Gasteiger partial charge in [0.2, 0.25) is 0 Å². The van der Waals surface area contributed by atoms with Crippen molar-refractivity contribution in [2.75, 3.05) is 0 Å². The molecule has 0 aliphatic carbocycles. The molecule has 0 saturated carbocycles. The molecule has 1 aromatic heterocycles. The lowest BCUT2D eigenvalue weighted by molar-refractivity contribution is -0.156. The minimum atomic E-state index is -0.893. The first-order chi connectivity index (χ1) is 14.1. The molecule has 0 aliphatic heterocycles. The van der Waals surface area contributed by atoms with E-state index in [1.807, 2.05) is 66.0 Å². The average molecular weight is 407 g/mol. The molecule has 1 heterocycles. The van der Waals surface area contributed by atoms with Crippen molar-refractivity contribution >= 4 is 29.3 Å². The van der Waals surface area contributed by atoms with E-state index in [0.29, 0.717) is 18.1 Å². The Morgan fingerprint density at radius 1 is 1.03 bits per heavy atom. The first-order valence-corrected chi connectivity index (χ1v) is 10.1. The van der Waals surface area contributed by atoms with E-state index in [4.69, 9.17) is 4.74 Å². The van der Waals surface area contributed by atoms with Crippen LogP contribution in [0.5, 0.6) is 0 Å². The number of thiazole rings is 1. The summed E-state index contributed by atoms with van der Waals surface area (Å²) in [7, 11) is 0. The molecule has 0 fully saturated rings. The quantitative estimate of drug-likeness (QED) is 0.413. The van der Waals surface area contributed by atoms with E-state index in [-0.39, 0.29) is 5.91 Å². The number of benzene rings is 2. The van der Waals surface area contributed by atoms with Crippen LogP contribution in [0.1, 0.15) is 23.1 Å². The molecule has 6 heteroatoms. The minimum absolute atomic E-state index is 0.242. The Morgan fingerprint density at radius 3 is 2.14 bits per heavy atom. The van der Waals surface area contributed by atoms with Crippen LogP contribution in [0.3, 0.4) is 0 Å². The summed E-state index contributed by atoms with van der Waals surface area (Å²) in [6.07, 6.45) is 3.64. The van der Waals surface area contributed by atoms with Crippen LogP contribution in [0.4, 0.5) is 0 Å². The Bertz CT molecular complexity index is 899. The molecule has 0 N–H and O–H groups in total. The summed E-state index contributed by atoms with van der Waals surface area (Å²) >= 11 is 1.42. The number of carbonyl (C=O) groups excluding carboxylic acids is 2. The van der Waals surface area contributed by atoms with E-state index in [1.54, 1.807) is 24.1 Å². The van der Waals surface area contributed by atoms with Gasteiger partial charge in [0.15, 0.2) is 6.10 Å². The van der Waals surface area contributed by atoms with Crippen LogP contribution in [0, 0.1) is 0 Å². The molecule has 3 rings (SSSR count). The molecule has 0 bridgehead atoms. The zero-order chi connectivity index (χ0) is 20.5. The predicted octanol–water partition coefficient (Wildman–Crippen LogP) is 4.32. The van der Waals surface area contributed by atoms with Crippen molar-refractivity contribution in [3.8, 4) is 0 Å². The van der Waals surface area contributed by atoms with Crippen molar-refractivity contribution < 1.29 is 14.3 Å². The Kier molecular flexibility index (Phi) is 7.30. The Morgan fingerprint density at radius 2 is 1.62 bits per heavy atom. The number of hydrogen-bond donors (Lipinski definition) is 0. The number of hydrogen-bond acceptors (Lipinski definition) is 5. The van der Waals surface area contributed by atoms with Crippen molar-refractivity contribution in [2.24, 2.45) is 0 Å². The maximum Gasteiger partial charge on any atom is 0.331 e. The first kappa shape index (κ1) is 20.5. The van der Waals surface area contributed by atoms with E-state index in [0.717, 1.165) is 11.1 Å². The van der Waals surface area contributed by atoms with Gasteiger partial charge in [0, 0.05) is 30.7 Å². The minimum Gasteiger partial charge on any atom is -0.449 e. The number of aromatic nitrogens is 1. The van der Waals surface area contributed by atoms with Gasteiger partial charge in [-0.25, -0.2) is 9.78 Å².